The summed E-state index contributed by atoms with van der Waals surface area (Å²) >= 11 is 0. The summed E-state index contributed by atoms with van der Waals surface area (Å²) in [4.78, 5) is 17.3. The first-order valence-corrected chi connectivity index (χ1v) is 11.7. The van der Waals surface area contributed by atoms with E-state index >= 15 is 0 Å². The lowest BCUT2D eigenvalue weighted by Gasteiger charge is -2.34. The van der Waals surface area contributed by atoms with Crippen LogP contribution in [-0.2, 0) is 6.54 Å². The number of nitrogens with zero attached hydrogens (tertiary/aromatic N) is 6. The molecular formula is C25H34N6. The van der Waals surface area contributed by atoms with E-state index in [1.807, 2.05) is 6.20 Å². The van der Waals surface area contributed by atoms with Crippen molar-refractivity contribution in [1.29, 1.82) is 0 Å². The summed E-state index contributed by atoms with van der Waals surface area (Å²) in [5, 5.41) is 0. The lowest BCUT2D eigenvalue weighted by molar-refractivity contribution is 0.240. The molecule has 0 radical (unpaired) electrons. The van der Waals surface area contributed by atoms with Crippen LogP contribution in [0, 0.1) is 0 Å². The molecule has 5 rings (SSSR count). The summed E-state index contributed by atoms with van der Waals surface area (Å²) in [6.45, 7) is 10.9. The average molecular weight is 419 g/mol. The Morgan fingerprint density at radius 2 is 1.87 bits per heavy atom. The van der Waals surface area contributed by atoms with Gasteiger partial charge in [0.15, 0.2) is 0 Å². The van der Waals surface area contributed by atoms with Gasteiger partial charge in [0.2, 0.25) is 0 Å². The maximum atomic E-state index is 5.00. The number of fused-ring (bicyclic) bond motifs is 1. The highest BCUT2D eigenvalue weighted by atomic mass is 15.3. The summed E-state index contributed by atoms with van der Waals surface area (Å²) in [5.74, 6) is 1.75. The highest BCUT2D eigenvalue weighted by Gasteiger charge is 2.30. The topological polar surface area (TPSA) is 39.9 Å². The van der Waals surface area contributed by atoms with Gasteiger partial charge in [-0.05, 0) is 56.1 Å². The van der Waals surface area contributed by atoms with Crippen LogP contribution in [-0.4, -0.2) is 63.9 Å². The third kappa shape index (κ3) is 4.06. The van der Waals surface area contributed by atoms with Crippen molar-refractivity contribution >= 4 is 11.5 Å². The quantitative estimate of drug-likeness (QED) is 0.628. The molecule has 2 aliphatic heterocycles. The first-order valence-electron chi connectivity index (χ1n) is 11.7. The Morgan fingerprint density at radius 1 is 1.03 bits per heavy atom. The molecule has 164 valence electrons. The maximum Gasteiger partial charge on any atom is 0.138 e. The minimum atomic E-state index is 0.389. The molecule has 6 nitrogen and oxygen atoms in total. The largest absolute Gasteiger partial charge is 0.355 e. The van der Waals surface area contributed by atoms with Gasteiger partial charge in [-0.3, -0.25) is 14.3 Å². The number of pyridine rings is 2. The number of anilines is 1. The molecule has 2 saturated heterocycles. The van der Waals surface area contributed by atoms with Gasteiger partial charge in [-0.2, -0.15) is 0 Å². The van der Waals surface area contributed by atoms with Gasteiger partial charge in [-0.1, -0.05) is 26.0 Å². The summed E-state index contributed by atoms with van der Waals surface area (Å²) in [6, 6.07) is 11.2. The first-order chi connectivity index (χ1) is 15.1. The molecule has 0 aromatic carbocycles. The van der Waals surface area contributed by atoms with Crippen molar-refractivity contribution in [2.45, 2.75) is 45.2 Å². The second kappa shape index (κ2) is 8.60. The van der Waals surface area contributed by atoms with Gasteiger partial charge in [-0.15, -0.1) is 0 Å². The molecule has 0 spiro atoms. The first kappa shape index (κ1) is 20.5. The summed E-state index contributed by atoms with van der Waals surface area (Å²) in [6.07, 6.45) is 6.60. The van der Waals surface area contributed by atoms with E-state index in [-0.39, 0.29) is 0 Å². The van der Waals surface area contributed by atoms with E-state index in [0.717, 1.165) is 50.6 Å². The maximum absolute atomic E-state index is 5.00. The monoisotopic (exact) mass is 418 g/mol. The van der Waals surface area contributed by atoms with Crippen molar-refractivity contribution in [3.63, 3.8) is 0 Å². The number of hydrogen-bond acceptors (Lipinski definition) is 5. The zero-order chi connectivity index (χ0) is 21.4. The molecular weight excluding hydrogens is 384 g/mol. The molecule has 0 saturated carbocycles. The van der Waals surface area contributed by atoms with Crippen LogP contribution in [0.4, 0.5) is 5.82 Å². The smallest absolute Gasteiger partial charge is 0.138 e. The fourth-order valence-corrected chi connectivity index (χ4v) is 5.15. The van der Waals surface area contributed by atoms with Gasteiger partial charge in [-0.25, -0.2) is 4.98 Å². The lowest BCUT2D eigenvalue weighted by atomic mass is 9.96. The highest BCUT2D eigenvalue weighted by molar-refractivity contribution is 5.53. The Bertz CT molecular complexity index is 1030. The highest BCUT2D eigenvalue weighted by Crippen LogP contribution is 2.35. The number of likely N-dealkylation sites (N-methyl/N-ethyl adjacent to an activating group) is 1. The van der Waals surface area contributed by atoms with E-state index < -0.39 is 0 Å². The molecule has 1 unspecified atom stereocenters. The molecule has 0 N–H and O–H groups in total. The third-order valence-electron chi connectivity index (χ3n) is 6.89. The normalized spacial score (nSPS) is 20.9. The molecule has 3 aromatic rings. The molecule has 6 heteroatoms. The van der Waals surface area contributed by atoms with Crippen molar-refractivity contribution in [1.82, 2.24) is 24.2 Å². The standard InChI is InChI=1S/C25H34N6/c1-19(2)21-7-5-11-26-25(21)22-8-6-12-30(22)17-20-18-31-23(27-20)9-4-10-24(31)29-15-13-28(3)14-16-29/h4-5,7,9-11,18-19,22H,6,8,12-17H2,1-3H3. The molecule has 5 heterocycles. The Kier molecular flexibility index (Phi) is 5.67. The minimum absolute atomic E-state index is 0.389. The predicted molar refractivity (Wildman–Crippen MR) is 126 cm³/mol. The van der Waals surface area contributed by atoms with Gasteiger partial charge in [0.1, 0.15) is 11.5 Å². The zero-order valence-corrected chi connectivity index (χ0v) is 19.0. The second-order valence-corrected chi connectivity index (χ2v) is 9.40. The Balaban J connectivity index is 1.40. The molecule has 2 aliphatic rings. The summed E-state index contributed by atoms with van der Waals surface area (Å²) in [7, 11) is 2.20. The van der Waals surface area contributed by atoms with Crippen LogP contribution >= 0.6 is 0 Å². The number of rotatable bonds is 5. The van der Waals surface area contributed by atoms with Crippen molar-refractivity contribution in [2.24, 2.45) is 0 Å². The van der Waals surface area contributed by atoms with E-state index in [1.54, 1.807) is 0 Å². The SMILES string of the molecule is CC(C)c1cccnc1C1CCCN1Cc1cn2c(N3CCN(C)CC3)cccc2n1. The van der Waals surface area contributed by atoms with Crippen LogP contribution in [0.25, 0.3) is 5.65 Å². The molecule has 0 amide bonds. The number of hydrogen-bond donors (Lipinski definition) is 0. The zero-order valence-electron chi connectivity index (χ0n) is 19.0. The van der Waals surface area contributed by atoms with Crippen molar-refractivity contribution < 1.29 is 0 Å². The summed E-state index contributed by atoms with van der Waals surface area (Å²) in [5.41, 5.74) is 4.84. The number of imidazole rings is 1. The third-order valence-corrected chi connectivity index (χ3v) is 6.89. The number of likely N-dealkylation sites (tertiary alicyclic amines) is 1. The number of aromatic nitrogens is 3. The van der Waals surface area contributed by atoms with E-state index in [4.69, 9.17) is 9.97 Å². The van der Waals surface area contributed by atoms with E-state index in [1.165, 1.54) is 29.9 Å². The Morgan fingerprint density at radius 3 is 2.68 bits per heavy atom. The van der Waals surface area contributed by atoms with Crippen LogP contribution in [0.1, 0.15) is 55.6 Å². The van der Waals surface area contributed by atoms with E-state index in [9.17, 15) is 0 Å². The van der Waals surface area contributed by atoms with Crippen molar-refractivity contribution in [2.75, 3.05) is 44.7 Å². The molecule has 31 heavy (non-hydrogen) atoms. The van der Waals surface area contributed by atoms with Crippen LogP contribution in [0.2, 0.25) is 0 Å². The van der Waals surface area contributed by atoms with Gasteiger partial charge in [0.05, 0.1) is 17.4 Å². The van der Waals surface area contributed by atoms with Crippen LogP contribution in [0.3, 0.4) is 0 Å². The van der Waals surface area contributed by atoms with Gasteiger partial charge in [0, 0.05) is 45.1 Å². The minimum Gasteiger partial charge on any atom is -0.355 e. The lowest BCUT2D eigenvalue weighted by Crippen LogP contribution is -2.45. The molecule has 1 atom stereocenters. The fourth-order valence-electron chi connectivity index (χ4n) is 5.15. The Hall–Kier alpha value is -2.44. The fraction of sp³-hybridized carbons (Fsp3) is 0.520. The van der Waals surface area contributed by atoms with Crippen molar-refractivity contribution in [3.05, 3.63) is 59.7 Å². The summed E-state index contributed by atoms with van der Waals surface area (Å²) < 4.78 is 2.28. The van der Waals surface area contributed by atoms with Gasteiger partial charge in [0.25, 0.3) is 0 Å². The Labute approximate surface area is 185 Å². The predicted octanol–water partition coefficient (Wildman–Crippen LogP) is 3.94. The van der Waals surface area contributed by atoms with Crippen LogP contribution in [0.5, 0.6) is 0 Å². The molecule has 2 fully saturated rings. The van der Waals surface area contributed by atoms with Crippen LogP contribution in [0.15, 0.2) is 42.7 Å². The average Bonchev–Trinajstić information content (AvgIpc) is 3.40. The van der Waals surface area contributed by atoms with Gasteiger partial charge < -0.3 is 9.80 Å². The molecule has 3 aromatic heterocycles. The van der Waals surface area contributed by atoms with E-state index in [0.29, 0.717) is 12.0 Å². The van der Waals surface area contributed by atoms with E-state index in [2.05, 4.69) is 76.5 Å². The second-order valence-electron chi connectivity index (χ2n) is 9.40. The molecule has 0 bridgehead atoms. The van der Waals surface area contributed by atoms with Crippen LogP contribution < -0.4 is 4.90 Å². The number of piperazine rings is 1. The van der Waals surface area contributed by atoms with Crippen molar-refractivity contribution in [3.8, 4) is 0 Å². The molecule has 0 aliphatic carbocycles. The van der Waals surface area contributed by atoms with Gasteiger partial charge >= 0.3 is 0 Å².